The number of hydrogen-bond acceptors (Lipinski definition) is 5. The number of nitrogens with one attached hydrogen (secondary N) is 1. The fourth-order valence-electron chi connectivity index (χ4n) is 2.32. The molecule has 0 aliphatic heterocycles. The third-order valence-electron chi connectivity index (χ3n) is 3.33. The number of hydrogen-bond donors (Lipinski definition) is 2. The molecule has 1 aliphatic rings. The zero-order chi connectivity index (χ0) is 13.9. The van der Waals surface area contributed by atoms with Crippen molar-refractivity contribution in [1.29, 1.82) is 0 Å². The maximum absolute atomic E-state index is 12.2. The molecule has 2 unspecified atom stereocenters. The summed E-state index contributed by atoms with van der Waals surface area (Å²) in [6.07, 6.45) is 3.38. The van der Waals surface area contributed by atoms with Gasteiger partial charge in [0.25, 0.3) is 0 Å². The van der Waals surface area contributed by atoms with Crippen LogP contribution in [0.25, 0.3) is 0 Å². The van der Waals surface area contributed by atoms with Gasteiger partial charge in [-0.25, -0.2) is 13.1 Å². The molecule has 3 N–H and O–H groups in total. The van der Waals surface area contributed by atoms with E-state index in [1.165, 1.54) is 11.3 Å². The second-order valence-electron chi connectivity index (χ2n) is 4.75. The Balaban J connectivity index is 2.01. The van der Waals surface area contributed by atoms with Gasteiger partial charge in [0.15, 0.2) is 0 Å². The van der Waals surface area contributed by atoms with Crippen LogP contribution in [-0.2, 0) is 21.2 Å². The molecule has 0 saturated heterocycles. The summed E-state index contributed by atoms with van der Waals surface area (Å²) < 4.78 is 32.8. The fraction of sp³-hybridized carbons (Fsp3) is 0.667. The second-order valence-corrected chi connectivity index (χ2v) is 7.86. The van der Waals surface area contributed by atoms with Crippen LogP contribution < -0.4 is 10.5 Å². The lowest BCUT2D eigenvalue weighted by atomic mass is 10.3. The topological polar surface area (TPSA) is 81.4 Å². The van der Waals surface area contributed by atoms with Crippen molar-refractivity contribution >= 4 is 21.4 Å². The minimum absolute atomic E-state index is 0.0185. The third kappa shape index (κ3) is 3.76. The van der Waals surface area contributed by atoms with Crippen molar-refractivity contribution in [3.8, 4) is 0 Å². The van der Waals surface area contributed by atoms with Crippen LogP contribution in [0.1, 0.15) is 24.1 Å². The van der Waals surface area contributed by atoms with E-state index in [9.17, 15) is 8.42 Å². The van der Waals surface area contributed by atoms with Crippen molar-refractivity contribution in [2.45, 2.75) is 42.0 Å². The molecule has 108 valence electrons. The number of nitrogens with two attached hydrogens (primary N) is 1. The third-order valence-corrected chi connectivity index (χ3v) is 6.49. The highest BCUT2D eigenvalue weighted by Gasteiger charge is 2.29. The van der Waals surface area contributed by atoms with E-state index in [1.807, 2.05) is 6.07 Å². The van der Waals surface area contributed by atoms with Crippen LogP contribution in [0.4, 0.5) is 0 Å². The Morgan fingerprint density at radius 3 is 2.89 bits per heavy atom. The lowest BCUT2D eigenvalue weighted by molar-refractivity contribution is 0.107. The Labute approximate surface area is 118 Å². The molecule has 7 heteroatoms. The van der Waals surface area contributed by atoms with Crippen LogP contribution in [-0.4, -0.2) is 34.2 Å². The number of rotatable bonds is 6. The van der Waals surface area contributed by atoms with Gasteiger partial charge in [-0.2, -0.15) is 0 Å². The zero-order valence-electron chi connectivity index (χ0n) is 11.0. The van der Waals surface area contributed by atoms with E-state index < -0.39 is 10.0 Å². The van der Waals surface area contributed by atoms with Crippen LogP contribution in [0.5, 0.6) is 0 Å². The number of ether oxygens (including phenoxy) is 1. The first-order chi connectivity index (χ1) is 9.05. The number of sulfonamides is 1. The van der Waals surface area contributed by atoms with Gasteiger partial charge in [0.2, 0.25) is 10.0 Å². The average molecular weight is 304 g/mol. The molecule has 0 amide bonds. The quantitative estimate of drug-likeness (QED) is 0.824. The SMILES string of the molecule is COC1CCC(NS(=O)(=O)c2ccc(CCN)s2)C1. The van der Waals surface area contributed by atoms with Crippen molar-refractivity contribution in [3.63, 3.8) is 0 Å². The average Bonchev–Trinajstić information content (AvgIpc) is 2.98. The highest BCUT2D eigenvalue weighted by Crippen LogP contribution is 2.26. The summed E-state index contributed by atoms with van der Waals surface area (Å²) in [5.74, 6) is 0. The highest BCUT2D eigenvalue weighted by molar-refractivity contribution is 7.91. The smallest absolute Gasteiger partial charge is 0.250 e. The zero-order valence-corrected chi connectivity index (χ0v) is 12.6. The van der Waals surface area contributed by atoms with Crippen LogP contribution in [0, 0.1) is 0 Å². The Kier molecular flexibility index (Phi) is 4.97. The Hall–Kier alpha value is -0.470. The van der Waals surface area contributed by atoms with Gasteiger partial charge in [0.1, 0.15) is 4.21 Å². The standard InChI is InChI=1S/C12H20N2O3S2/c1-17-10-3-2-9(8-10)14-19(15,16)12-5-4-11(18-12)6-7-13/h4-5,9-10,14H,2-3,6-8,13H2,1H3. The van der Waals surface area contributed by atoms with Crippen molar-refractivity contribution in [3.05, 3.63) is 17.0 Å². The Bertz CT molecular complexity index is 513. The summed E-state index contributed by atoms with van der Waals surface area (Å²) in [5, 5.41) is 0. The monoisotopic (exact) mass is 304 g/mol. The predicted molar refractivity (Wildman–Crippen MR) is 75.8 cm³/mol. The van der Waals surface area contributed by atoms with Gasteiger partial charge in [0.05, 0.1) is 6.10 Å². The van der Waals surface area contributed by atoms with Gasteiger partial charge < -0.3 is 10.5 Å². The second kappa shape index (κ2) is 6.32. The van der Waals surface area contributed by atoms with E-state index in [0.29, 0.717) is 10.8 Å². The molecule has 1 aromatic heterocycles. The molecule has 0 bridgehead atoms. The molecule has 1 saturated carbocycles. The van der Waals surface area contributed by atoms with Crippen LogP contribution in [0.3, 0.4) is 0 Å². The maximum atomic E-state index is 12.2. The first kappa shape index (κ1) is 14.9. The molecule has 0 radical (unpaired) electrons. The summed E-state index contributed by atoms with van der Waals surface area (Å²) in [4.78, 5) is 1.00. The van der Waals surface area contributed by atoms with Gasteiger partial charge >= 0.3 is 0 Å². The summed E-state index contributed by atoms with van der Waals surface area (Å²) >= 11 is 1.29. The van der Waals surface area contributed by atoms with Gasteiger partial charge in [-0.1, -0.05) is 0 Å². The first-order valence-corrected chi connectivity index (χ1v) is 8.69. The first-order valence-electron chi connectivity index (χ1n) is 6.39. The van der Waals surface area contributed by atoms with Gasteiger partial charge in [-0.15, -0.1) is 11.3 Å². The van der Waals surface area contributed by atoms with Crippen LogP contribution in [0.15, 0.2) is 16.3 Å². The van der Waals surface area contributed by atoms with E-state index >= 15 is 0 Å². The summed E-state index contributed by atoms with van der Waals surface area (Å²) in [6.45, 7) is 0.533. The number of thiophene rings is 1. The van der Waals surface area contributed by atoms with Crippen molar-refractivity contribution in [2.75, 3.05) is 13.7 Å². The molecule has 2 atom stereocenters. The Morgan fingerprint density at radius 2 is 2.26 bits per heavy atom. The van der Waals surface area contributed by atoms with E-state index in [-0.39, 0.29) is 12.1 Å². The minimum Gasteiger partial charge on any atom is -0.381 e. The van der Waals surface area contributed by atoms with Crippen molar-refractivity contribution < 1.29 is 13.2 Å². The number of methoxy groups -OCH3 is 1. The van der Waals surface area contributed by atoms with Gasteiger partial charge in [-0.3, -0.25) is 0 Å². The van der Waals surface area contributed by atoms with Crippen LogP contribution in [0.2, 0.25) is 0 Å². The summed E-state index contributed by atoms with van der Waals surface area (Å²) in [5.41, 5.74) is 5.47. The molecule has 0 spiro atoms. The molecule has 5 nitrogen and oxygen atoms in total. The normalized spacial score (nSPS) is 23.9. The maximum Gasteiger partial charge on any atom is 0.250 e. The Morgan fingerprint density at radius 1 is 1.47 bits per heavy atom. The van der Waals surface area contributed by atoms with E-state index in [2.05, 4.69) is 4.72 Å². The largest absolute Gasteiger partial charge is 0.381 e. The fourth-order valence-corrected chi connectivity index (χ4v) is 4.99. The van der Waals surface area contributed by atoms with Gasteiger partial charge in [-0.05, 0) is 44.4 Å². The van der Waals surface area contributed by atoms with E-state index in [4.69, 9.17) is 10.5 Å². The molecular formula is C12H20N2O3S2. The molecule has 2 rings (SSSR count). The van der Waals surface area contributed by atoms with E-state index in [1.54, 1.807) is 13.2 Å². The summed E-state index contributed by atoms with van der Waals surface area (Å²) in [6, 6.07) is 3.47. The molecule has 1 fully saturated rings. The van der Waals surface area contributed by atoms with Crippen molar-refractivity contribution in [2.24, 2.45) is 5.73 Å². The van der Waals surface area contributed by atoms with Gasteiger partial charge in [0, 0.05) is 18.0 Å². The molecule has 0 aromatic carbocycles. The molecule has 19 heavy (non-hydrogen) atoms. The lowest BCUT2D eigenvalue weighted by Crippen LogP contribution is -2.32. The van der Waals surface area contributed by atoms with Crippen LogP contribution >= 0.6 is 11.3 Å². The molecule has 1 heterocycles. The molecule has 1 aromatic rings. The molecular weight excluding hydrogens is 284 g/mol. The van der Waals surface area contributed by atoms with Crippen molar-refractivity contribution in [1.82, 2.24) is 4.72 Å². The van der Waals surface area contributed by atoms with E-state index in [0.717, 1.165) is 30.6 Å². The minimum atomic E-state index is -3.40. The highest BCUT2D eigenvalue weighted by atomic mass is 32.2. The predicted octanol–water partition coefficient (Wildman–Crippen LogP) is 1.10. The summed E-state index contributed by atoms with van der Waals surface area (Å²) in [7, 11) is -1.73. The molecule has 1 aliphatic carbocycles. The lowest BCUT2D eigenvalue weighted by Gasteiger charge is -2.12.